The number of aryl methyl sites for hydroxylation is 2. The summed E-state index contributed by atoms with van der Waals surface area (Å²) in [6, 6.07) is 23.5. The molecular weight excluding hydrogens is 312 g/mol. The molecule has 0 heterocycles. The zero-order chi connectivity index (χ0) is 16.5. The molecule has 1 aliphatic carbocycles. The molecule has 0 amide bonds. The first-order valence-corrected chi connectivity index (χ1v) is 8.74. The van der Waals surface area contributed by atoms with Crippen LogP contribution in [0.15, 0.2) is 66.7 Å². The molecule has 0 radical (unpaired) electrons. The summed E-state index contributed by atoms with van der Waals surface area (Å²) in [4.78, 5) is 0. The average Bonchev–Trinajstić information content (AvgIpc) is 2.74. The molecule has 3 aromatic rings. The van der Waals surface area contributed by atoms with E-state index < -0.39 is 0 Å². The lowest BCUT2D eigenvalue weighted by atomic mass is 9.91. The van der Waals surface area contributed by atoms with Crippen LogP contribution in [0.3, 0.4) is 0 Å². The van der Waals surface area contributed by atoms with Crippen LogP contribution in [0.5, 0.6) is 0 Å². The van der Waals surface area contributed by atoms with E-state index in [4.69, 9.17) is 11.6 Å². The summed E-state index contributed by atoms with van der Waals surface area (Å²) >= 11 is 6.19. The van der Waals surface area contributed by atoms with Crippen molar-refractivity contribution in [1.82, 2.24) is 0 Å². The molecular formula is C23H19Cl. The fourth-order valence-electron chi connectivity index (χ4n) is 3.61. The Hall–Kier alpha value is -2.31. The van der Waals surface area contributed by atoms with Gasteiger partial charge < -0.3 is 0 Å². The maximum Gasteiger partial charge on any atom is 0.0411 e. The van der Waals surface area contributed by atoms with Crippen LogP contribution in [0.4, 0.5) is 0 Å². The SMILES string of the molecule is Cc1cccc2c1CCc1ccccc1C2=Cc1cccc(Cl)c1. The van der Waals surface area contributed by atoms with Gasteiger partial charge in [-0.2, -0.15) is 0 Å². The van der Waals surface area contributed by atoms with Gasteiger partial charge in [-0.15, -0.1) is 0 Å². The Kier molecular flexibility index (Phi) is 4.00. The molecule has 0 atom stereocenters. The van der Waals surface area contributed by atoms with Crippen LogP contribution in [0.25, 0.3) is 11.6 Å². The minimum Gasteiger partial charge on any atom is -0.0843 e. The summed E-state index contributed by atoms with van der Waals surface area (Å²) in [7, 11) is 0. The van der Waals surface area contributed by atoms with E-state index in [0.29, 0.717) is 0 Å². The molecule has 0 bridgehead atoms. The summed E-state index contributed by atoms with van der Waals surface area (Å²) in [6.07, 6.45) is 4.45. The van der Waals surface area contributed by atoms with Crippen molar-refractivity contribution in [2.24, 2.45) is 0 Å². The highest BCUT2D eigenvalue weighted by molar-refractivity contribution is 6.30. The number of halogens is 1. The monoisotopic (exact) mass is 330 g/mol. The number of fused-ring (bicyclic) bond motifs is 2. The molecule has 0 unspecified atom stereocenters. The molecule has 1 aliphatic rings. The lowest BCUT2D eigenvalue weighted by Gasteiger charge is -2.13. The van der Waals surface area contributed by atoms with Crippen molar-refractivity contribution in [3.05, 3.63) is 105 Å². The Morgan fingerprint density at radius 1 is 0.833 bits per heavy atom. The minimum atomic E-state index is 0.774. The van der Waals surface area contributed by atoms with Crippen molar-refractivity contribution >= 4 is 23.3 Å². The second-order valence-corrected chi connectivity index (χ2v) is 6.81. The Labute approximate surface area is 148 Å². The summed E-state index contributed by atoms with van der Waals surface area (Å²) in [5.74, 6) is 0. The highest BCUT2D eigenvalue weighted by atomic mass is 35.5. The standard InChI is InChI=1S/C23H19Cl/c1-16-6-4-11-22-20(16)13-12-18-8-2-3-10-21(18)23(22)15-17-7-5-9-19(24)14-17/h2-11,14-15H,12-13H2,1H3. The Morgan fingerprint density at radius 3 is 2.50 bits per heavy atom. The van der Waals surface area contributed by atoms with Gasteiger partial charge in [-0.1, -0.05) is 66.2 Å². The van der Waals surface area contributed by atoms with E-state index in [1.54, 1.807) is 0 Å². The Morgan fingerprint density at radius 2 is 1.62 bits per heavy atom. The van der Waals surface area contributed by atoms with E-state index in [1.807, 2.05) is 18.2 Å². The largest absolute Gasteiger partial charge is 0.0843 e. The van der Waals surface area contributed by atoms with Gasteiger partial charge in [0.2, 0.25) is 0 Å². The third-order valence-corrected chi connectivity index (χ3v) is 5.05. The maximum absolute atomic E-state index is 6.19. The summed E-state index contributed by atoms with van der Waals surface area (Å²) in [6.45, 7) is 2.21. The van der Waals surface area contributed by atoms with Gasteiger partial charge in [0, 0.05) is 5.02 Å². The normalized spacial score (nSPS) is 14.8. The zero-order valence-corrected chi connectivity index (χ0v) is 14.5. The van der Waals surface area contributed by atoms with E-state index in [9.17, 15) is 0 Å². The van der Waals surface area contributed by atoms with Gasteiger partial charge in [-0.3, -0.25) is 0 Å². The van der Waals surface area contributed by atoms with E-state index in [2.05, 4.69) is 61.5 Å². The second-order valence-electron chi connectivity index (χ2n) is 6.37. The lowest BCUT2D eigenvalue weighted by Crippen LogP contribution is -1.95. The van der Waals surface area contributed by atoms with Gasteiger partial charge in [0.15, 0.2) is 0 Å². The number of hydrogen-bond donors (Lipinski definition) is 0. The van der Waals surface area contributed by atoms with E-state index >= 15 is 0 Å². The van der Waals surface area contributed by atoms with Crippen molar-refractivity contribution in [2.45, 2.75) is 19.8 Å². The van der Waals surface area contributed by atoms with E-state index in [1.165, 1.54) is 33.4 Å². The van der Waals surface area contributed by atoms with Crippen LogP contribution in [-0.2, 0) is 12.8 Å². The molecule has 0 nitrogen and oxygen atoms in total. The Bertz CT molecular complexity index is 934. The van der Waals surface area contributed by atoms with Gasteiger partial charge in [-0.05, 0) is 76.9 Å². The van der Waals surface area contributed by atoms with Crippen molar-refractivity contribution in [3.8, 4) is 0 Å². The molecule has 0 fully saturated rings. The topological polar surface area (TPSA) is 0 Å². The van der Waals surface area contributed by atoms with Gasteiger partial charge in [0.1, 0.15) is 0 Å². The van der Waals surface area contributed by atoms with Crippen LogP contribution < -0.4 is 0 Å². The van der Waals surface area contributed by atoms with Gasteiger partial charge in [-0.25, -0.2) is 0 Å². The molecule has 0 N–H and O–H groups in total. The molecule has 4 rings (SSSR count). The number of benzene rings is 3. The summed E-state index contributed by atoms with van der Waals surface area (Å²) < 4.78 is 0. The van der Waals surface area contributed by atoms with Crippen molar-refractivity contribution in [1.29, 1.82) is 0 Å². The maximum atomic E-state index is 6.19. The van der Waals surface area contributed by atoms with E-state index in [-0.39, 0.29) is 0 Å². The zero-order valence-electron chi connectivity index (χ0n) is 13.7. The van der Waals surface area contributed by atoms with E-state index in [0.717, 1.165) is 23.4 Å². The van der Waals surface area contributed by atoms with Gasteiger partial charge >= 0.3 is 0 Å². The summed E-state index contributed by atoms with van der Waals surface area (Å²) in [5.41, 5.74) is 9.37. The first kappa shape index (κ1) is 15.2. The van der Waals surface area contributed by atoms with Crippen molar-refractivity contribution < 1.29 is 0 Å². The molecule has 0 spiro atoms. The first-order chi connectivity index (χ1) is 11.7. The smallest absolute Gasteiger partial charge is 0.0411 e. The summed E-state index contributed by atoms with van der Waals surface area (Å²) in [5, 5.41) is 0.774. The average molecular weight is 331 g/mol. The van der Waals surface area contributed by atoms with Crippen LogP contribution >= 0.6 is 11.6 Å². The predicted octanol–water partition coefficient (Wildman–Crippen LogP) is 6.34. The van der Waals surface area contributed by atoms with Gasteiger partial charge in [0.05, 0.1) is 0 Å². The third-order valence-electron chi connectivity index (χ3n) is 4.81. The lowest BCUT2D eigenvalue weighted by molar-refractivity contribution is 0.954. The number of rotatable bonds is 1. The molecule has 0 saturated carbocycles. The minimum absolute atomic E-state index is 0.774. The molecule has 0 saturated heterocycles. The third kappa shape index (κ3) is 2.79. The fourth-order valence-corrected chi connectivity index (χ4v) is 3.81. The van der Waals surface area contributed by atoms with Crippen molar-refractivity contribution in [2.75, 3.05) is 0 Å². The predicted molar refractivity (Wildman–Crippen MR) is 103 cm³/mol. The molecule has 1 heteroatoms. The van der Waals surface area contributed by atoms with Crippen LogP contribution in [0, 0.1) is 6.92 Å². The molecule has 0 aliphatic heterocycles. The molecule has 24 heavy (non-hydrogen) atoms. The second kappa shape index (κ2) is 6.30. The molecule has 118 valence electrons. The van der Waals surface area contributed by atoms with Crippen LogP contribution in [0.2, 0.25) is 5.02 Å². The fraction of sp³-hybridized carbons (Fsp3) is 0.130. The Balaban J connectivity index is 1.99. The molecule has 0 aromatic heterocycles. The van der Waals surface area contributed by atoms with Crippen LogP contribution in [0.1, 0.15) is 33.4 Å². The van der Waals surface area contributed by atoms with Gasteiger partial charge in [0.25, 0.3) is 0 Å². The van der Waals surface area contributed by atoms with Crippen molar-refractivity contribution in [3.63, 3.8) is 0 Å². The molecule has 3 aromatic carbocycles. The number of hydrogen-bond acceptors (Lipinski definition) is 0. The quantitative estimate of drug-likeness (QED) is 0.488. The highest BCUT2D eigenvalue weighted by Crippen LogP contribution is 2.36. The van der Waals surface area contributed by atoms with Crippen LogP contribution in [-0.4, -0.2) is 0 Å². The highest BCUT2D eigenvalue weighted by Gasteiger charge is 2.18. The first-order valence-electron chi connectivity index (χ1n) is 8.37.